The van der Waals surface area contributed by atoms with Crippen LogP contribution in [0.3, 0.4) is 0 Å². The maximum absolute atomic E-state index is 13.7. The standard InChI is InChI=1S/C15H17FN4O3S2/c1-23-14-9-13(19-25(21,22)20-7-4-8-20)17-15(18-14)24-10-11-5-2-3-6-12(11)16/h2-3,5-6,9H,4,7-8,10H2,1H3,(H,17,18,19). The molecule has 2 aromatic rings. The lowest BCUT2D eigenvalue weighted by Crippen LogP contribution is -2.45. The van der Waals surface area contributed by atoms with Crippen LogP contribution < -0.4 is 9.46 Å². The molecule has 0 amide bonds. The van der Waals surface area contributed by atoms with Gasteiger partial charge in [-0.3, -0.25) is 4.72 Å². The summed E-state index contributed by atoms with van der Waals surface area (Å²) in [5, 5.41) is 0.295. The van der Waals surface area contributed by atoms with E-state index in [9.17, 15) is 12.8 Å². The fourth-order valence-electron chi connectivity index (χ4n) is 2.11. The highest BCUT2D eigenvalue weighted by Crippen LogP contribution is 2.25. The Balaban J connectivity index is 1.76. The second kappa shape index (κ2) is 7.54. The van der Waals surface area contributed by atoms with Crippen LogP contribution in [0.25, 0.3) is 0 Å². The molecular formula is C15H17FN4O3S2. The molecule has 0 atom stereocenters. The number of ether oxygens (including phenoxy) is 1. The maximum atomic E-state index is 13.7. The lowest BCUT2D eigenvalue weighted by Gasteiger charge is -2.29. The zero-order valence-corrected chi connectivity index (χ0v) is 15.1. The molecule has 1 N–H and O–H groups in total. The molecule has 3 rings (SSSR count). The number of hydrogen-bond acceptors (Lipinski definition) is 6. The number of nitrogens with one attached hydrogen (secondary N) is 1. The van der Waals surface area contributed by atoms with Crippen molar-refractivity contribution in [3.05, 3.63) is 41.7 Å². The number of thioether (sulfide) groups is 1. The second-order valence-electron chi connectivity index (χ2n) is 5.32. The number of rotatable bonds is 7. The summed E-state index contributed by atoms with van der Waals surface area (Å²) < 4.78 is 46.9. The predicted molar refractivity (Wildman–Crippen MR) is 93.3 cm³/mol. The highest BCUT2D eigenvalue weighted by Gasteiger charge is 2.28. The van der Waals surface area contributed by atoms with Crippen LogP contribution in [0.15, 0.2) is 35.5 Å². The Labute approximate surface area is 149 Å². The lowest BCUT2D eigenvalue weighted by atomic mass is 10.2. The first-order valence-electron chi connectivity index (χ1n) is 7.55. The minimum absolute atomic E-state index is 0.120. The van der Waals surface area contributed by atoms with E-state index in [1.807, 2.05) is 0 Å². The molecule has 10 heteroatoms. The average Bonchev–Trinajstić information content (AvgIpc) is 2.51. The molecule has 0 bridgehead atoms. The summed E-state index contributed by atoms with van der Waals surface area (Å²) in [7, 11) is -2.19. The van der Waals surface area contributed by atoms with Gasteiger partial charge in [0.05, 0.1) is 7.11 Å². The number of nitrogens with zero attached hydrogens (tertiary/aromatic N) is 3. The Kier molecular flexibility index (Phi) is 5.40. The molecule has 1 aliphatic rings. The minimum atomic E-state index is -3.62. The third-order valence-corrected chi connectivity index (χ3v) is 6.00. The Bertz CT molecular complexity index is 860. The van der Waals surface area contributed by atoms with Crippen LogP contribution in [-0.4, -0.2) is 42.9 Å². The van der Waals surface area contributed by atoms with Crippen molar-refractivity contribution >= 4 is 27.8 Å². The van der Waals surface area contributed by atoms with Crippen molar-refractivity contribution in [2.75, 3.05) is 24.9 Å². The van der Waals surface area contributed by atoms with Gasteiger partial charge >= 0.3 is 10.2 Å². The van der Waals surface area contributed by atoms with E-state index in [0.717, 1.165) is 6.42 Å². The van der Waals surface area contributed by atoms with Crippen LogP contribution in [0.2, 0.25) is 0 Å². The number of hydrogen-bond donors (Lipinski definition) is 1. The van der Waals surface area contributed by atoms with Crippen LogP contribution in [-0.2, 0) is 16.0 Å². The predicted octanol–water partition coefficient (Wildman–Crippen LogP) is 2.28. The van der Waals surface area contributed by atoms with E-state index in [0.29, 0.717) is 29.6 Å². The van der Waals surface area contributed by atoms with E-state index >= 15 is 0 Å². The second-order valence-corrected chi connectivity index (χ2v) is 7.93. The topological polar surface area (TPSA) is 84.4 Å². The zero-order chi connectivity index (χ0) is 17.9. The van der Waals surface area contributed by atoms with E-state index in [4.69, 9.17) is 4.74 Å². The van der Waals surface area contributed by atoms with Gasteiger partial charge in [0.15, 0.2) is 5.16 Å². The lowest BCUT2D eigenvalue weighted by molar-refractivity contribution is 0.311. The van der Waals surface area contributed by atoms with Gasteiger partial charge in [-0.15, -0.1) is 0 Å². The van der Waals surface area contributed by atoms with E-state index in [-0.39, 0.29) is 17.5 Å². The van der Waals surface area contributed by atoms with Crippen LogP contribution in [0, 0.1) is 5.82 Å². The van der Waals surface area contributed by atoms with Crippen molar-refractivity contribution in [1.82, 2.24) is 14.3 Å². The Morgan fingerprint density at radius 3 is 2.72 bits per heavy atom. The van der Waals surface area contributed by atoms with E-state index in [1.54, 1.807) is 18.2 Å². The largest absolute Gasteiger partial charge is 0.481 e. The molecule has 0 saturated carbocycles. The Morgan fingerprint density at radius 1 is 1.32 bits per heavy atom. The summed E-state index contributed by atoms with van der Waals surface area (Å²) in [6.45, 7) is 0.985. The monoisotopic (exact) mass is 384 g/mol. The van der Waals surface area contributed by atoms with E-state index < -0.39 is 10.2 Å². The molecule has 7 nitrogen and oxygen atoms in total. The Morgan fingerprint density at radius 2 is 2.08 bits per heavy atom. The average molecular weight is 384 g/mol. The van der Waals surface area contributed by atoms with Gasteiger partial charge in [-0.2, -0.15) is 17.7 Å². The molecule has 0 aliphatic carbocycles. The molecule has 1 aliphatic heterocycles. The third kappa shape index (κ3) is 4.39. The Hall–Kier alpha value is -1.91. The number of aromatic nitrogens is 2. The van der Waals surface area contributed by atoms with E-state index in [2.05, 4.69) is 14.7 Å². The number of methoxy groups -OCH3 is 1. The van der Waals surface area contributed by atoms with Crippen molar-refractivity contribution in [3.63, 3.8) is 0 Å². The van der Waals surface area contributed by atoms with Gasteiger partial charge in [0, 0.05) is 24.9 Å². The summed E-state index contributed by atoms with van der Waals surface area (Å²) in [6, 6.07) is 7.84. The molecular weight excluding hydrogens is 367 g/mol. The quantitative estimate of drug-likeness (QED) is 0.582. The molecule has 2 heterocycles. The summed E-state index contributed by atoms with van der Waals surface area (Å²) >= 11 is 1.19. The molecule has 25 heavy (non-hydrogen) atoms. The van der Waals surface area contributed by atoms with Gasteiger partial charge in [-0.1, -0.05) is 30.0 Å². The van der Waals surface area contributed by atoms with Crippen LogP contribution in [0.1, 0.15) is 12.0 Å². The third-order valence-electron chi connectivity index (χ3n) is 3.59. The summed E-state index contributed by atoms with van der Waals surface area (Å²) in [4.78, 5) is 8.35. The van der Waals surface area contributed by atoms with E-state index in [1.165, 1.54) is 35.3 Å². The van der Waals surface area contributed by atoms with Crippen LogP contribution in [0.4, 0.5) is 10.2 Å². The normalized spacial score (nSPS) is 14.8. The summed E-state index contributed by atoms with van der Waals surface area (Å²) in [5.41, 5.74) is 0.515. The molecule has 1 fully saturated rings. The highest BCUT2D eigenvalue weighted by atomic mass is 32.2. The zero-order valence-electron chi connectivity index (χ0n) is 13.5. The molecule has 1 aromatic carbocycles. The minimum Gasteiger partial charge on any atom is -0.481 e. The van der Waals surface area contributed by atoms with Gasteiger partial charge in [-0.05, 0) is 18.1 Å². The number of anilines is 1. The molecule has 134 valence electrons. The van der Waals surface area contributed by atoms with Gasteiger partial charge in [0.1, 0.15) is 11.6 Å². The van der Waals surface area contributed by atoms with Crippen molar-refractivity contribution in [3.8, 4) is 5.88 Å². The maximum Gasteiger partial charge on any atom is 0.302 e. The molecule has 1 saturated heterocycles. The summed E-state index contributed by atoms with van der Waals surface area (Å²) in [5.74, 6) is 0.358. The van der Waals surface area contributed by atoms with Crippen molar-refractivity contribution in [1.29, 1.82) is 0 Å². The SMILES string of the molecule is COc1cc(NS(=O)(=O)N2CCC2)nc(SCc2ccccc2F)n1. The van der Waals surface area contributed by atoms with Gasteiger partial charge in [0.2, 0.25) is 5.88 Å². The first-order valence-corrected chi connectivity index (χ1v) is 9.97. The molecule has 0 unspecified atom stereocenters. The van der Waals surface area contributed by atoms with Gasteiger partial charge in [0.25, 0.3) is 0 Å². The van der Waals surface area contributed by atoms with Crippen molar-refractivity contribution in [2.45, 2.75) is 17.3 Å². The van der Waals surface area contributed by atoms with Gasteiger partial charge < -0.3 is 4.74 Å². The van der Waals surface area contributed by atoms with Crippen LogP contribution >= 0.6 is 11.8 Å². The molecule has 0 spiro atoms. The fourth-order valence-corrected chi connectivity index (χ4v) is 4.18. The van der Waals surface area contributed by atoms with Crippen LogP contribution in [0.5, 0.6) is 5.88 Å². The first-order chi connectivity index (χ1) is 12.0. The first kappa shape index (κ1) is 17.9. The van der Waals surface area contributed by atoms with Crippen molar-refractivity contribution < 1.29 is 17.5 Å². The smallest absolute Gasteiger partial charge is 0.302 e. The van der Waals surface area contributed by atoms with Crippen molar-refractivity contribution in [2.24, 2.45) is 0 Å². The van der Waals surface area contributed by atoms with Gasteiger partial charge in [-0.25, -0.2) is 9.37 Å². The highest BCUT2D eigenvalue weighted by molar-refractivity contribution is 7.98. The number of benzene rings is 1. The summed E-state index contributed by atoms with van der Waals surface area (Å²) in [6.07, 6.45) is 0.845. The number of halogens is 1. The fraction of sp³-hybridized carbons (Fsp3) is 0.333. The molecule has 0 radical (unpaired) electrons. The molecule has 1 aromatic heterocycles.